The van der Waals surface area contributed by atoms with Gasteiger partial charge in [-0.05, 0) is 160 Å². The molecular formula is C61H67N3O5. The molecule has 11 aliphatic heterocycles. The second kappa shape index (κ2) is 14.4. The van der Waals surface area contributed by atoms with Crippen LogP contribution in [0.25, 0.3) is 0 Å². The molecule has 4 fully saturated rings. The van der Waals surface area contributed by atoms with Crippen LogP contribution in [0.1, 0.15) is 134 Å². The molecule has 12 atom stereocenters. The third-order valence-corrected chi connectivity index (χ3v) is 21.1. The number of hydrogen-bond donors (Lipinski definition) is 2. The third-order valence-electron chi connectivity index (χ3n) is 21.1. The van der Waals surface area contributed by atoms with Gasteiger partial charge >= 0.3 is 11.9 Å². The molecule has 3 aromatic rings. The van der Waals surface area contributed by atoms with Gasteiger partial charge in [-0.15, -0.1) is 0 Å². The molecule has 8 nitrogen and oxygen atoms in total. The normalized spacial score (nSPS) is 39.5. The van der Waals surface area contributed by atoms with Crippen molar-refractivity contribution in [2.45, 2.75) is 134 Å². The number of aryl methyl sites for hydroxylation is 2. The van der Waals surface area contributed by atoms with E-state index in [2.05, 4.69) is 90.4 Å². The number of carbonyl (C=O) groups is 2. The number of fused-ring (bicyclic) bond motifs is 6. The maximum absolute atomic E-state index is 16.2. The molecule has 1 saturated carbocycles. The van der Waals surface area contributed by atoms with E-state index >= 15 is 9.59 Å². The molecule has 5 aliphatic carbocycles. The molecule has 3 saturated heterocycles. The van der Waals surface area contributed by atoms with Gasteiger partial charge in [0.1, 0.15) is 11.2 Å². The zero-order valence-corrected chi connectivity index (χ0v) is 40.6. The zero-order chi connectivity index (χ0) is 46.3. The van der Waals surface area contributed by atoms with E-state index in [0.29, 0.717) is 67.3 Å². The average molecular weight is 922 g/mol. The summed E-state index contributed by atoms with van der Waals surface area (Å²) in [7, 11) is 0. The predicted molar refractivity (Wildman–Crippen MR) is 264 cm³/mol. The molecule has 69 heavy (non-hydrogen) atoms. The SMILES string of the molecule is CC1CC2=C3C4C5=C6C=C(Cc7cc8cc(c7)Cc7ccc(cc7)CC79CC(CN(C7)C(C)CC(O)=C7OC(=O)C6%10C(CCCC8)C6(OC(=O)c8c(CCCN)cccc86)C7%10CC5)C(CC2)N3C9)C14. The van der Waals surface area contributed by atoms with Gasteiger partial charge in [0.25, 0.3) is 0 Å². The van der Waals surface area contributed by atoms with Crippen LogP contribution in [0.15, 0.2) is 106 Å². The van der Waals surface area contributed by atoms with Gasteiger partial charge in [-0.1, -0.05) is 96.8 Å². The Labute approximate surface area is 407 Å². The molecule has 0 radical (unpaired) electrons. The largest absolute Gasteiger partial charge is 0.509 e. The number of ether oxygens (including phenoxy) is 2. The molecule has 4 spiro atoms. The Kier molecular flexibility index (Phi) is 8.71. The number of benzene rings is 3. The van der Waals surface area contributed by atoms with E-state index in [0.717, 1.165) is 101 Å². The molecule has 3 aromatic carbocycles. The molecule has 356 valence electrons. The number of carbonyl (C=O) groups excluding carboxylic acids is 2. The number of allylic oxidation sites excluding steroid dienone is 4. The quantitative estimate of drug-likeness (QED) is 0.250. The highest BCUT2D eigenvalue weighted by Gasteiger charge is 2.93. The Hall–Kier alpha value is -4.92. The van der Waals surface area contributed by atoms with Gasteiger partial charge in [-0.3, -0.25) is 9.69 Å². The first-order valence-electron chi connectivity index (χ1n) is 27.1. The summed E-state index contributed by atoms with van der Waals surface area (Å²) in [6.45, 7) is 8.34. The minimum atomic E-state index is -1.19. The molecule has 3 N–H and O–H groups in total. The fourth-order valence-electron chi connectivity index (χ4n) is 19.0. The molecule has 8 heteroatoms. The smallest absolute Gasteiger partial charge is 0.339 e. The highest BCUT2D eigenvalue weighted by Crippen LogP contribution is 2.87. The lowest BCUT2D eigenvalue weighted by molar-refractivity contribution is -0.276. The first-order chi connectivity index (χ1) is 33.6. The maximum atomic E-state index is 16.2. The number of aliphatic hydroxyl groups excluding tert-OH is 1. The van der Waals surface area contributed by atoms with Crippen LogP contribution in [0.5, 0.6) is 0 Å². The molecule has 19 rings (SSSR count). The number of nitrogens with zero attached hydrogens (tertiary/aromatic N) is 2. The van der Waals surface area contributed by atoms with Crippen LogP contribution in [-0.4, -0.2) is 65.1 Å². The van der Waals surface area contributed by atoms with E-state index < -0.39 is 16.4 Å². The lowest BCUT2D eigenvalue weighted by Gasteiger charge is -2.71. The molecule has 11 heterocycles. The lowest BCUT2D eigenvalue weighted by atomic mass is 9.29. The van der Waals surface area contributed by atoms with Crippen molar-refractivity contribution in [3.05, 3.63) is 151 Å². The van der Waals surface area contributed by atoms with E-state index in [9.17, 15) is 5.11 Å². The number of piperidine rings is 2. The van der Waals surface area contributed by atoms with Crippen molar-refractivity contribution in [3.8, 4) is 0 Å². The predicted octanol–water partition coefficient (Wildman–Crippen LogP) is 10.1. The van der Waals surface area contributed by atoms with Gasteiger partial charge < -0.3 is 25.2 Å². The number of rotatable bonds is 3. The molecule has 12 unspecified atom stereocenters. The fourth-order valence-corrected chi connectivity index (χ4v) is 19.0. The summed E-state index contributed by atoms with van der Waals surface area (Å²) in [5.74, 6) is 1.02. The Morgan fingerprint density at radius 2 is 1.71 bits per heavy atom. The van der Waals surface area contributed by atoms with Crippen molar-refractivity contribution in [2.24, 2.45) is 51.6 Å². The Morgan fingerprint density at radius 1 is 0.884 bits per heavy atom. The van der Waals surface area contributed by atoms with Gasteiger partial charge in [0.2, 0.25) is 0 Å². The first-order valence-corrected chi connectivity index (χ1v) is 27.1. The standard InChI is InChI=1S/C61H67N3O5/c1-34-21-42-16-17-48-44-30-58-29-37-14-12-36(13-15-37)23-39-24-38-7-3-4-11-50-60-47-28-43(27-40(25-38)26-39)51(34)53(54(42)64(48)33-58)45(47)18-19-59(60,55(68-57(60)67)49(65)22-35(2)63(31-44)32-58)61(50)46-10-5-8-41(9-6-20-62)52(46)56(66)69-61/h5,8,10,12-15,24-26,28,34-35,44,48,50-51,53,65H,3-4,6-7,9,11,16-23,27,29-33,62H2,1-2H3. The molecule has 16 aliphatic rings. The maximum Gasteiger partial charge on any atom is 0.339 e. The van der Waals surface area contributed by atoms with Crippen molar-refractivity contribution < 1.29 is 24.2 Å². The summed E-state index contributed by atoms with van der Waals surface area (Å²) in [5, 5.41) is 13.2. The van der Waals surface area contributed by atoms with E-state index in [1.165, 1.54) is 51.8 Å². The third kappa shape index (κ3) is 5.23. The second-order valence-corrected chi connectivity index (χ2v) is 24.6. The second-order valence-electron chi connectivity index (χ2n) is 24.6. The Bertz CT molecular complexity index is 2940. The van der Waals surface area contributed by atoms with Gasteiger partial charge in [-0.25, -0.2) is 4.79 Å². The van der Waals surface area contributed by atoms with Crippen molar-refractivity contribution >= 4 is 11.9 Å². The van der Waals surface area contributed by atoms with Crippen molar-refractivity contribution in [1.82, 2.24) is 9.80 Å². The van der Waals surface area contributed by atoms with Crippen LogP contribution >= 0.6 is 0 Å². The van der Waals surface area contributed by atoms with Gasteiger partial charge in [-0.2, -0.15) is 0 Å². The monoisotopic (exact) mass is 922 g/mol. The number of nitrogens with two attached hydrogens (primary N) is 1. The van der Waals surface area contributed by atoms with Gasteiger partial charge in [0, 0.05) is 66.7 Å². The number of hydrogen-bond acceptors (Lipinski definition) is 8. The topological polar surface area (TPSA) is 105 Å². The van der Waals surface area contributed by atoms with E-state index in [4.69, 9.17) is 15.2 Å². The molecular weight excluding hydrogens is 855 g/mol. The summed E-state index contributed by atoms with van der Waals surface area (Å²) in [6.07, 6.45) is 16.6. The first kappa shape index (κ1) is 41.8. The fraction of sp³-hybridized carbons (Fsp3) is 0.541. The van der Waals surface area contributed by atoms with Crippen molar-refractivity contribution in [3.63, 3.8) is 0 Å². The number of aliphatic hydroxyl groups is 1. The average Bonchev–Trinajstić information content (AvgIpc) is 3.79. The van der Waals surface area contributed by atoms with Crippen LogP contribution in [0.4, 0.5) is 0 Å². The molecule has 0 aromatic heterocycles. The lowest BCUT2D eigenvalue weighted by Crippen LogP contribution is -2.77. The van der Waals surface area contributed by atoms with Gasteiger partial charge in [0.05, 0.1) is 11.0 Å². The zero-order valence-electron chi connectivity index (χ0n) is 40.6. The van der Waals surface area contributed by atoms with Crippen LogP contribution in [0.2, 0.25) is 0 Å². The van der Waals surface area contributed by atoms with Crippen LogP contribution in [0.3, 0.4) is 0 Å². The van der Waals surface area contributed by atoms with Crippen LogP contribution in [0, 0.1) is 45.8 Å². The van der Waals surface area contributed by atoms with Crippen molar-refractivity contribution in [2.75, 3.05) is 26.2 Å². The minimum absolute atomic E-state index is 0.00232. The van der Waals surface area contributed by atoms with E-state index in [-0.39, 0.29) is 41.0 Å². The van der Waals surface area contributed by atoms with Crippen LogP contribution in [-0.2, 0) is 52.0 Å². The van der Waals surface area contributed by atoms with E-state index in [1.54, 1.807) is 11.3 Å². The highest BCUT2D eigenvalue weighted by atomic mass is 16.6. The Balaban J connectivity index is 1.06. The summed E-state index contributed by atoms with van der Waals surface area (Å²) in [5.41, 5.74) is 19.4. The van der Waals surface area contributed by atoms with Crippen LogP contribution < -0.4 is 5.73 Å². The number of esters is 2. The Morgan fingerprint density at radius 3 is 2.57 bits per heavy atom. The summed E-state index contributed by atoms with van der Waals surface area (Å²) < 4.78 is 14.3. The van der Waals surface area contributed by atoms with E-state index in [1.807, 2.05) is 0 Å². The molecule has 19 bridgehead atoms. The summed E-state index contributed by atoms with van der Waals surface area (Å²) >= 11 is 0. The summed E-state index contributed by atoms with van der Waals surface area (Å²) in [6, 6.07) is 23.9. The highest BCUT2D eigenvalue weighted by molar-refractivity contribution is 6.00. The minimum Gasteiger partial charge on any atom is -0.509 e. The molecule has 0 amide bonds. The summed E-state index contributed by atoms with van der Waals surface area (Å²) in [4.78, 5) is 37.0. The van der Waals surface area contributed by atoms with Crippen molar-refractivity contribution in [1.29, 1.82) is 0 Å². The van der Waals surface area contributed by atoms with Gasteiger partial charge in [0.15, 0.2) is 11.4 Å².